The second-order valence-electron chi connectivity index (χ2n) is 3.21. The summed E-state index contributed by atoms with van der Waals surface area (Å²) in [5.74, 6) is -0.219. The minimum atomic E-state index is -0.357. The summed E-state index contributed by atoms with van der Waals surface area (Å²) < 4.78 is 0. The van der Waals surface area contributed by atoms with E-state index in [0.29, 0.717) is 6.42 Å². The fraction of sp³-hybridized carbons (Fsp3) is 0.182. The Morgan fingerprint density at radius 3 is 2.67 bits per heavy atom. The van der Waals surface area contributed by atoms with E-state index in [0.717, 1.165) is 23.5 Å². The van der Waals surface area contributed by atoms with Crippen LogP contribution in [0.1, 0.15) is 5.56 Å². The van der Waals surface area contributed by atoms with Crippen molar-refractivity contribution < 1.29 is 9.59 Å². The van der Waals surface area contributed by atoms with Crippen LogP contribution in [0.25, 0.3) is 0 Å². The first-order chi connectivity index (χ1) is 7.25. The number of carbonyl (C=O) groups is 2. The Labute approximate surface area is 91.6 Å². The van der Waals surface area contributed by atoms with E-state index in [2.05, 4.69) is 4.99 Å². The fourth-order valence-corrected chi connectivity index (χ4v) is 2.21. The molecule has 1 amide bonds. The van der Waals surface area contributed by atoms with Crippen molar-refractivity contribution in [2.75, 3.05) is 0 Å². The predicted molar refractivity (Wildman–Crippen MR) is 60.0 cm³/mol. The van der Waals surface area contributed by atoms with Gasteiger partial charge in [0.2, 0.25) is 5.12 Å². The smallest absolute Gasteiger partial charge is 0.259 e. The maximum absolute atomic E-state index is 11.4. The van der Waals surface area contributed by atoms with Crippen LogP contribution in [0.5, 0.6) is 0 Å². The van der Waals surface area contributed by atoms with E-state index in [4.69, 9.17) is 0 Å². The summed E-state index contributed by atoms with van der Waals surface area (Å²) in [6.45, 7) is 0. The molecule has 0 aliphatic carbocycles. The Kier molecular flexibility index (Phi) is 2.97. The molecule has 0 fully saturated rings. The van der Waals surface area contributed by atoms with E-state index in [1.54, 1.807) is 0 Å². The minimum Gasteiger partial charge on any atom is -0.280 e. The average molecular weight is 219 g/mol. The van der Waals surface area contributed by atoms with Crippen molar-refractivity contribution in [3.63, 3.8) is 0 Å². The van der Waals surface area contributed by atoms with Gasteiger partial charge in [-0.25, -0.2) is 4.99 Å². The van der Waals surface area contributed by atoms with Crippen LogP contribution in [-0.4, -0.2) is 22.5 Å². The Hall–Kier alpha value is -1.42. The lowest BCUT2D eigenvalue weighted by molar-refractivity contribution is -0.118. The van der Waals surface area contributed by atoms with Crippen molar-refractivity contribution in [1.29, 1.82) is 0 Å². The second kappa shape index (κ2) is 4.40. The number of benzene rings is 1. The summed E-state index contributed by atoms with van der Waals surface area (Å²) in [5, 5.41) is -0.500. The molecule has 1 heterocycles. The molecule has 0 bridgehead atoms. The lowest BCUT2D eigenvalue weighted by Crippen LogP contribution is -2.24. The Morgan fingerprint density at radius 2 is 1.93 bits per heavy atom. The zero-order valence-electron chi connectivity index (χ0n) is 7.92. The van der Waals surface area contributed by atoms with E-state index >= 15 is 0 Å². The first-order valence-corrected chi connectivity index (χ1v) is 5.46. The lowest BCUT2D eigenvalue weighted by atomic mass is 10.1. The molecular formula is C11H9NO2S. The van der Waals surface area contributed by atoms with E-state index in [9.17, 15) is 9.59 Å². The van der Waals surface area contributed by atoms with Crippen molar-refractivity contribution in [3.05, 3.63) is 35.9 Å². The largest absolute Gasteiger partial charge is 0.280 e. The predicted octanol–water partition coefficient (Wildman–Crippen LogP) is 1.47. The molecule has 0 radical (unpaired) electrons. The molecule has 1 atom stereocenters. The van der Waals surface area contributed by atoms with Gasteiger partial charge in [-0.1, -0.05) is 42.1 Å². The van der Waals surface area contributed by atoms with Crippen LogP contribution < -0.4 is 0 Å². The van der Waals surface area contributed by atoms with E-state index < -0.39 is 0 Å². The number of carbonyl (C=O) groups excluding carboxylic acids is 2. The number of hydrogen-bond acceptors (Lipinski definition) is 3. The van der Waals surface area contributed by atoms with E-state index in [-0.39, 0.29) is 16.3 Å². The van der Waals surface area contributed by atoms with Gasteiger partial charge in [-0.3, -0.25) is 9.59 Å². The number of nitrogens with zero attached hydrogens (tertiary/aromatic N) is 1. The van der Waals surface area contributed by atoms with Gasteiger partial charge in [0.1, 0.15) is 0 Å². The molecule has 3 nitrogen and oxygen atoms in total. The SMILES string of the molecule is O=C1C=NC(=O)C(Cc2ccccc2)S1. The normalized spacial score (nSPS) is 20.7. The highest BCUT2D eigenvalue weighted by molar-refractivity contribution is 8.16. The molecule has 1 aliphatic rings. The maximum Gasteiger partial charge on any atom is 0.259 e. The van der Waals surface area contributed by atoms with Gasteiger partial charge < -0.3 is 0 Å². The molecule has 76 valence electrons. The monoisotopic (exact) mass is 219 g/mol. The van der Waals surface area contributed by atoms with Gasteiger partial charge in [0.05, 0.1) is 11.5 Å². The Bertz CT molecular complexity index is 414. The lowest BCUT2D eigenvalue weighted by Gasteiger charge is -2.13. The molecule has 1 unspecified atom stereocenters. The van der Waals surface area contributed by atoms with Crippen molar-refractivity contribution in [3.8, 4) is 0 Å². The molecule has 0 spiro atoms. The standard InChI is InChI=1S/C11H9NO2S/c13-10-7-12-11(14)9(15-10)6-8-4-2-1-3-5-8/h1-5,7,9H,6H2. The van der Waals surface area contributed by atoms with Crippen molar-refractivity contribution in [1.82, 2.24) is 0 Å². The molecule has 0 saturated carbocycles. The summed E-state index contributed by atoms with van der Waals surface area (Å²) >= 11 is 1.05. The number of amides is 1. The van der Waals surface area contributed by atoms with Crippen molar-refractivity contribution in [2.24, 2.45) is 4.99 Å². The van der Waals surface area contributed by atoms with Gasteiger partial charge >= 0.3 is 0 Å². The third kappa shape index (κ3) is 2.53. The summed E-state index contributed by atoms with van der Waals surface area (Å²) in [5.41, 5.74) is 1.05. The summed E-state index contributed by atoms with van der Waals surface area (Å²) in [6, 6.07) is 9.63. The van der Waals surface area contributed by atoms with Crippen molar-refractivity contribution >= 4 is 29.0 Å². The van der Waals surface area contributed by atoms with E-state index in [1.807, 2.05) is 30.3 Å². The summed E-state index contributed by atoms with van der Waals surface area (Å²) in [4.78, 5) is 26.0. The summed E-state index contributed by atoms with van der Waals surface area (Å²) in [6.07, 6.45) is 1.65. The third-order valence-electron chi connectivity index (χ3n) is 2.09. The summed E-state index contributed by atoms with van der Waals surface area (Å²) in [7, 11) is 0. The topological polar surface area (TPSA) is 46.5 Å². The number of thioether (sulfide) groups is 1. The van der Waals surface area contributed by atoms with Crippen LogP contribution in [0.3, 0.4) is 0 Å². The van der Waals surface area contributed by atoms with Crippen LogP contribution in [0.15, 0.2) is 35.3 Å². The molecule has 0 saturated heterocycles. The molecule has 1 aliphatic heterocycles. The zero-order chi connectivity index (χ0) is 10.7. The van der Waals surface area contributed by atoms with Crippen LogP contribution in [0.4, 0.5) is 0 Å². The second-order valence-corrected chi connectivity index (χ2v) is 4.42. The molecule has 1 aromatic rings. The van der Waals surface area contributed by atoms with Gasteiger partial charge in [0.15, 0.2) is 0 Å². The van der Waals surface area contributed by atoms with Gasteiger partial charge in [-0.15, -0.1) is 0 Å². The van der Waals surface area contributed by atoms with Gasteiger partial charge in [-0.2, -0.15) is 0 Å². The molecule has 15 heavy (non-hydrogen) atoms. The van der Waals surface area contributed by atoms with Gasteiger partial charge in [0.25, 0.3) is 5.91 Å². The molecular weight excluding hydrogens is 210 g/mol. The minimum absolute atomic E-state index is 0.143. The molecule has 0 aromatic heterocycles. The van der Waals surface area contributed by atoms with Crippen molar-refractivity contribution in [2.45, 2.75) is 11.7 Å². The van der Waals surface area contributed by atoms with Gasteiger partial charge in [-0.05, 0) is 12.0 Å². The average Bonchev–Trinajstić information content (AvgIpc) is 2.25. The van der Waals surface area contributed by atoms with Crippen LogP contribution >= 0.6 is 11.8 Å². The Morgan fingerprint density at radius 1 is 1.20 bits per heavy atom. The first-order valence-electron chi connectivity index (χ1n) is 4.58. The highest BCUT2D eigenvalue weighted by Gasteiger charge is 2.25. The Balaban J connectivity index is 2.10. The van der Waals surface area contributed by atoms with Crippen LogP contribution in [0.2, 0.25) is 0 Å². The highest BCUT2D eigenvalue weighted by atomic mass is 32.2. The molecule has 1 aromatic carbocycles. The maximum atomic E-state index is 11.4. The fourth-order valence-electron chi connectivity index (χ4n) is 1.38. The highest BCUT2D eigenvalue weighted by Crippen LogP contribution is 2.21. The van der Waals surface area contributed by atoms with Crippen LogP contribution in [-0.2, 0) is 16.0 Å². The molecule has 0 N–H and O–H groups in total. The van der Waals surface area contributed by atoms with Crippen LogP contribution in [0, 0.1) is 0 Å². The van der Waals surface area contributed by atoms with Gasteiger partial charge in [0, 0.05) is 0 Å². The first kappa shape index (κ1) is 10.1. The van der Waals surface area contributed by atoms with E-state index in [1.165, 1.54) is 0 Å². The number of rotatable bonds is 2. The molecule has 4 heteroatoms. The third-order valence-corrected chi connectivity index (χ3v) is 3.09. The zero-order valence-corrected chi connectivity index (χ0v) is 8.74. The number of aliphatic imine (C=N–C) groups is 1. The quantitative estimate of drug-likeness (QED) is 0.756. The number of hydrogen-bond donors (Lipinski definition) is 0. The molecule has 2 rings (SSSR count).